The predicted molar refractivity (Wildman–Crippen MR) is 62.5 cm³/mol. The lowest BCUT2D eigenvalue weighted by atomic mass is 9.86. The number of nitrogens with zero attached hydrogens (tertiary/aromatic N) is 1. The third-order valence-electron chi connectivity index (χ3n) is 3.32. The van der Waals surface area contributed by atoms with Crippen LogP contribution in [0.1, 0.15) is 53.4 Å². The molecule has 2 atom stereocenters. The molecule has 0 aromatic carbocycles. The van der Waals surface area contributed by atoms with Gasteiger partial charge in [-0.3, -0.25) is 4.90 Å². The molecular weight excluding hydrogens is 174 g/mol. The van der Waals surface area contributed by atoms with Crippen molar-refractivity contribution < 1.29 is 5.11 Å². The van der Waals surface area contributed by atoms with Crippen LogP contribution >= 0.6 is 0 Å². The monoisotopic (exact) mass is 201 g/mol. The average Bonchev–Trinajstić information content (AvgIpc) is 2.53. The van der Waals surface area contributed by atoms with E-state index in [0.29, 0.717) is 0 Å². The summed E-state index contributed by atoms with van der Waals surface area (Å²) in [7, 11) is 2.13. The van der Waals surface area contributed by atoms with E-state index in [9.17, 15) is 5.11 Å². The Bertz CT molecular complexity index is 147. The van der Waals surface area contributed by atoms with Crippen molar-refractivity contribution in [1.82, 2.24) is 4.90 Å². The molecule has 0 saturated carbocycles. The second-order valence-corrected chi connectivity index (χ2v) is 4.05. The lowest BCUT2D eigenvalue weighted by Crippen LogP contribution is -2.49. The Labute approximate surface area is 89.3 Å². The van der Waals surface area contributed by atoms with Crippen LogP contribution in [-0.2, 0) is 0 Å². The SMILES string of the molecule is CC.CCCC1(C(C)O)CCCN1C. The summed E-state index contributed by atoms with van der Waals surface area (Å²) in [6.07, 6.45) is 4.50. The van der Waals surface area contributed by atoms with Crippen molar-refractivity contribution >= 4 is 0 Å². The van der Waals surface area contributed by atoms with Crippen LogP contribution in [0, 0.1) is 0 Å². The second kappa shape index (κ2) is 6.41. The van der Waals surface area contributed by atoms with E-state index in [1.807, 2.05) is 20.8 Å². The van der Waals surface area contributed by atoms with Crippen LogP contribution in [0.5, 0.6) is 0 Å². The molecule has 0 bridgehead atoms. The van der Waals surface area contributed by atoms with Gasteiger partial charge in [0.1, 0.15) is 0 Å². The van der Waals surface area contributed by atoms with Crippen molar-refractivity contribution in [2.75, 3.05) is 13.6 Å². The molecule has 2 nitrogen and oxygen atoms in total. The molecular formula is C12H27NO. The lowest BCUT2D eigenvalue weighted by Gasteiger charge is -2.39. The van der Waals surface area contributed by atoms with Crippen molar-refractivity contribution in [2.45, 2.75) is 65.0 Å². The van der Waals surface area contributed by atoms with Crippen LogP contribution in [0.4, 0.5) is 0 Å². The number of aliphatic hydroxyl groups is 1. The van der Waals surface area contributed by atoms with Gasteiger partial charge in [-0.1, -0.05) is 27.2 Å². The minimum absolute atomic E-state index is 0.0920. The van der Waals surface area contributed by atoms with Crippen LogP contribution in [0.25, 0.3) is 0 Å². The summed E-state index contributed by atoms with van der Waals surface area (Å²) in [6.45, 7) is 9.26. The fraction of sp³-hybridized carbons (Fsp3) is 1.00. The molecule has 2 heteroatoms. The van der Waals surface area contributed by atoms with Gasteiger partial charge in [0, 0.05) is 5.54 Å². The molecule has 1 fully saturated rings. The van der Waals surface area contributed by atoms with E-state index in [-0.39, 0.29) is 11.6 Å². The topological polar surface area (TPSA) is 23.5 Å². The van der Waals surface area contributed by atoms with Crippen LogP contribution in [0.2, 0.25) is 0 Å². The van der Waals surface area contributed by atoms with Crippen LogP contribution in [0.15, 0.2) is 0 Å². The summed E-state index contributed by atoms with van der Waals surface area (Å²) in [5.41, 5.74) is 0.0920. The Kier molecular flexibility index (Phi) is 6.38. The highest BCUT2D eigenvalue weighted by Gasteiger charge is 2.41. The van der Waals surface area contributed by atoms with E-state index in [2.05, 4.69) is 18.9 Å². The Hall–Kier alpha value is -0.0800. The summed E-state index contributed by atoms with van der Waals surface area (Å²) in [4.78, 5) is 2.33. The highest BCUT2D eigenvalue weighted by molar-refractivity contribution is 4.97. The van der Waals surface area contributed by atoms with Gasteiger partial charge in [0.05, 0.1) is 6.10 Å². The smallest absolute Gasteiger partial charge is 0.0695 e. The standard InChI is InChI=1S/C10H21NO.C2H6/c1-4-6-10(9(2)12)7-5-8-11(10)3;1-2/h9,12H,4-8H2,1-3H3;1-2H3. The Balaban J connectivity index is 0.000000791. The van der Waals surface area contributed by atoms with Gasteiger partial charge >= 0.3 is 0 Å². The highest BCUT2D eigenvalue weighted by Crippen LogP contribution is 2.35. The Morgan fingerprint density at radius 2 is 2.00 bits per heavy atom. The molecule has 2 unspecified atom stereocenters. The Morgan fingerprint density at radius 3 is 2.29 bits per heavy atom. The van der Waals surface area contributed by atoms with Crippen LogP contribution in [0.3, 0.4) is 0 Å². The molecule has 0 aromatic heterocycles. The maximum absolute atomic E-state index is 9.76. The molecule has 0 spiro atoms. The predicted octanol–water partition coefficient (Wildman–Crippen LogP) is 2.66. The zero-order chi connectivity index (χ0) is 11.2. The molecule has 1 aliphatic rings. The van der Waals surface area contributed by atoms with Gasteiger partial charge in [0.2, 0.25) is 0 Å². The molecule has 86 valence electrons. The summed E-state index contributed by atoms with van der Waals surface area (Å²) < 4.78 is 0. The first kappa shape index (κ1) is 13.9. The maximum Gasteiger partial charge on any atom is 0.0695 e. The minimum atomic E-state index is -0.190. The molecule has 0 aromatic rings. The fourth-order valence-corrected chi connectivity index (χ4v) is 2.52. The van der Waals surface area contributed by atoms with Gasteiger partial charge in [0.25, 0.3) is 0 Å². The van der Waals surface area contributed by atoms with E-state index in [4.69, 9.17) is 0 Å². The normalized spacial score (nSPS) is 29.6. The molecule has 1 aliphatic heterocycles. The lowest BCUT2D eigenvalue weighted by molar-refractivity contribution is 0.0100. The molecule has 14 heavy (non-hydrogen) atoms. The third kappa shape index (κ3) is 2.71. The van der Waals surface area contributed by atoms with Crippen molar-refractivity contribution in [3.63, 3.8) is 0 Å². The van der Waals surface area contributed by atoms with Gasteiger partial charge in [-0.15, -0.1) is 0 Å². The molecule has 1 saturated heterocycles. The minimum Gasteiger partial charge on any atom is -0.391 e. The van der Waals surface area contributed by atoms with Crippen molar-refractivity contribution in [2.24, 2.45) is 0 Å². The number of rotatable bonds is 3. The zero-order valence-electron chi connectivity index (χ0n) is 10.5. The largest absolute Gasteiger partial charge is 0.391 e. The van der Waals surface area contributed by atoms with Gasteiger partial charge < -0.3 is 5.11 Å². The number of hydrogen-bond acceptors (Lipinski definition) is 2. The quantitative estimate of drug-likeness (QED) is 0.759. The number of likely N-dealkylation sites (tertiary alicyclic amines) is 1. The number of hydrogen-bond donors (Lipinski definition) is 1. The van der Waals surface area contributed by atoms with Gasteiger partial charge in [0.15, 0.2) is 0 Å². The van der Waals surface area contributed by atoms with E-state index in [1.54, 1.807) is 0 Å². The summed E-state index contributed by atoms with van der Waals surface area (Å²) in [6, 6.07) is 0. The number of aliphatic hydroxyl groups excluding tert-OH is 1. The van der Waals surface area contributed by atoms with E-state index >= 15 is 0 Å². The first-order chi connectivity index (χ1) is 6.63. The van der Waals surface area contributed by atoms with E-state index in [1.165, 1.54) is 6.42 Å². The van der Waals surface area contributed by atoms with E-state index in [0.717, 1.165) is 25.8 Å². The van der Waals surface area contributed by atoms with Crippen molar-refractivity contribution in [1.29, 1.82) is 0 Å². The number of likely N-dealkylation sites (N-methyl/N-ethyl adjacent to an activating group) is 1. The van der Waals surface area contributed by atoms with Crippen LogP contribution < -0.4 is 0 Å². The molecule has 1 N–H and O–H groups in total. The molecule has 0 radical (unpaired) electrons. The van der Waals surface area contributed by atoms with Crippen molar-refractivity contribution in [3.8, 4) is 0 Å². The average molecular weight is 201 g/mol. The molecule has 1 rings (SSSR count). The summed E-state index contributed by atoms with van der Waals surface area (Å²) in [5, 5.41) is 9.76. The first-order valence-electron chi connectivity index (χ1n) is 6.03. The maximum atomic E-state index is 9.76. The van der Waals surface area contributed by atoms with E-state index < -0.39 is 0 Å². The van der Waals surface area contributed by atoms with Crippen LogP contribution in [-0.4, -0.2) is 35.2 Å². The fourth-order valence-electron chi connectivity index (χ4n) is 2.52. The third-order valence-corrected chi connectivity index (χ3v) is 3.32. The molecule has 0 aliphatic carbocycles. The van der Waals surface area contributed by atoms with Gasteiger partial charge in [-0.25, -0.2) is 0 Å². The van der Waals surface area contributed by atoms with Crippen molar-refractivity contribution in [3.05, 3.63) is 0 Å². The highest BCUT2D eigenvalue weighted by atomic mass is 16.3. The zero-order valence-corrected chi connectivity index (χ0v) is 10.5. The summed E-state index contributed by atoms with van der Waals surface area (Å²) in [5.74, 6) is 0. The molecule has 1 heterocycles. The second-order valence-electron chi connectivity index (χ2n) is 4.05. The molecule has 0 amide bonds. The Morgan fingerprint density at radius 1 is 1.43 bits per heavy atom. The van der Waals surface area contributed by atoms with Gasteiger partial charge in [-0.2, -0.15) is 0 Å². The summed E-state index contributed by atoms with van der Waals surface area (Å²) >= 11 is 0. The first-order valence-corrected chi connectivity index (χ1v) is 6.03. The van der Waals surface area contributed by atoms with Gasteiger partial charge in [-0.05, 0) is 39.8 Å².